The van der Waals surface area contributed by atoms with Crippen LogP contribution in [0.25, 0.3) is 0 Å². The summed E-state index contributed by atoms with van der Waals surface area (Å²) in [6.07, 6.45) is 7.15. The number of ether oxygens (including phenoxy) is 1. The maximum atomic E-state index is 13.4. The SMILES string of the molecule is COc1nn(C)cc1N(Cc1ccc(Br)c(N)c1)C(=O)c1cnc(C2CC2)nc1. The molecule has 0 saturated heterocycles. The predicted molar refractivity (Wildman–Crippen MR) is 113 cm³/mol. The van der Waals surface area contributed by atoms with Gasteiger partial charge in [0.15, 0.2) is 0 Å². The standard InChI is InChI=1S/C20H21BrN6O2/c1-26-11-17(19(25-26)29-2)27(10-12-3-6-15(21)16(22)7-12)20(28)14-8-23-18(24-9-14)13-4-5-13/h3,6-9,11,13H,4-5,10,22H2,1-2H3. The number of aryl methyl sites for hydroxylation is 1. The van der Waals surface area contributed by atoms with E-state index in [1.165, 1.54) is 7.11 Å². The Morgan fingerprint density at radius 3 is 2.69 bits per heavy atom. The fourth-order valence-electron chi connectivity index (χ4n) is 3.08. The van der Waals surface area contributed by atoms with Crippen LogP contribution in [0.3, 0.4) is 0 Å². The number of halogens is 1. The minimum Gasteiger partial charge on any atom is -0.478 e. The van der Waals surface area contributed by atoms with E-state index in [0.717, 1.165) is 28.7 Å². The Labute approximate surface area is 176 Å². The van der Waals surface area contributed by atoms with Crippen LogP contribution in [-0.4, -0.2) is 32.8 Å². The summed E-state index contributed by atoms with van der Waals surface area (Å²) >= 11 is 3.40. The molecule has 150 valence electrons. The third-order valence-corrected chi connectivity index (χ3v) is 5.49. The Hall–Kier alpha value is -2.94. The first kappa shape index (κ1) is 19.4. The van der Waals surface area contributed by atoms with Gasteiger partial charge in [0.2, 0.25) is 0 Å². The van der Waals surface area contributed by atoms with Crippen LogP contribution in [0.2, 0.25) is 0 Å². The molecule has 2 heterocycles. The van der Waals surface area contributed by atoms with Gasteiger partial charge in [-0.15, -0.1) is 5.10 Å². The molecule has 2 aromatic heterocycles. The number of benzene rings is 1. The highest BCUT2D eigenvalue weighted by Gasteiger charge is 2.28. The van der Waals surface area contributed by atoms with Crippen molar-refractivity contribution in [2.24, 2.45) is 7.05 Å². The Balaban J connectivity index is 1.69. The molecule has 0 unspecified atom stereocenters. The number of hydrogen-bond donors (Lipinski definition) is 1. The molecule has 0 atom stereocenters. The van der Waals surface area contributed by atoms with Crippen LogP contribution in [0.15, 0.2) is 41.3 Å². The van der Waals surface area contributed by atoms with Crippen molar-refractivity contribution in [3.8, 4) is 5.88 Å². The molecule has 1 aliphatic rings. The lowest BCUT2D eigenvalue weighted by molar-refractivity contribution is 0.0983. The number of nitrogens with two attached hydrogens (primary N) is 1. The van der Waals surface area contributed by atoms with Gasteiger partial charge in [0.05, 0.1) is 25.4 Å². The number of anilines is 2. The first-order valence-electron chi connectivity index (χ1n) is 9.21. The van der Waals surface area contributed by atoms with E-state index in [1.807, 2.05) is 18.2 Å². The highest BCUT2D eigenvalue weighted by Crippen LogP contribution is 2.37. The minimum absolute atomic E-state index is 0.236. The van der Waals surface area contributed by atoms with Crippen molar-refractivity contribution in [3.63, 3.8) is 0 Å². The van der Waals surface area contributed by atoms with E-state index in [1.54, 1.807) is 35.2 Å². The Morgan fingerprint density at radius 2 is 2.07 bits per heavy atom. The number of carbonyl (C=O) groups is 1. The zero-order valence-electron chi connectivity index (χ0n) is 16.2. The van der Waals surface area contributed by atoms with Crippen LogP contribution < -0.4 is 15.4 Å². The number of hydrogen-bond acceptors (Lipinski definition) is 6. The summed E-state index contributed by atoms with van der Waals surface area (Å²) in [4.78, 5) is 23.8. The molecule has 9 heteroatoms. The second-order valence-corrected chi connectivity index (χ2v) is 7.90. The lowest BCUT2D eigenvalue weighted by Gasteiger charge is -2.22. The van der Waals surface area contributed by atoms with Crippen LogP contribution in [0, 0.1) is 0 Å². The van der Waals surface area contributed by atoms with E-state index in [4.69, 9.17) is 10.5 Å². The van der Waals surface area contributed by atoms with E-state index < -0.39 is 0 Å². The molecule has 0 bridgehead atoms. The van der Waals surface area contributed by atoms with E-state index in [2.05, 4.69) is 31.0 Å². The van der Waals surface area contributed by atoms with Gasteiger partial charge in [0.1, 0.15) is 11.5 Å². The van der Waals surface area contributed by atoms with Gasteiger partial charge >= 0.3 is 0 Å². The van der Waals surface area contributed by atoms with Gasteiger partial charge in [-0.1, -0.05) is 6.07 Å². The number of carbonyl (C=O) groups excluding carboxylic acids is 1. The zero-order valence-corrected chi connectivity index (χ0v) is 17.8. The molecule has 2 N–H and O–H groups in total. The maximum Gasteiger partial charge on any atom is 0.261 e. The van der Waals surface area contributed by atoms with E-state index in [0.29, 0.717) is 35.3 Å². The fourth-order valence-corrected chi connectivity index (χ4v) is 3.33. The van der Waals surface area contributed by atoms with Crippen LogP contribution in [0.5, 0.6) is 5.88 Å². The van der Waals surface area contributed by atoms with Gasteiger partial charge in [0.25, 0.3) is 11.8 Å². The Bertz CT molecular complexity index is 1050. The van der Waals surface area contributed by atoms with Gasteiger partial charge in [0, 0.05) is 35.5 Å². The van der Waals surface area contributed by atoms with Gasteiger partial charge < -0.3 is 10.5 Å². The van der Waals surface area contributed by atoms with Crippen molar-refractivity contribution in [2.45, 2.75) is 25.3 Å². The van der Waals surface area contributed by atoms with Gasteiger partial charge in [-0.3, -0.25) is 14.4 Å². The smallest absolute Gasteiger partial charge is 0.261 e. The maximum absolute atomic E-state index is 13.4. The number of nitrogen functional groups attached to an aromatic ring is 1. The van der Waals surface area contributed by atoms with Gasteiger partial charge in [-0.2, -0.15) is 0 Å². The average Bonchev–Trinajstić information content (AvgIpc) is 3.50. The Kier molecular flexibility index (Phi) is 5.23. The summed E-state index contributed by atoms with van der Waals surface area (Å²) in [6, 6.07) is 5.61. The molecule has 0 aliphatic heterocycles. The van der Waals surface area contributed by atoms with E-state index >= 15 is 0 Å². The molecule has 29 heavy (non-hydrogen) atoms. The topological polar surface area (TPSA) is 99.2 Å². The quantitative estimate of drug-likeness (QED) is 0.571. The molecular weight excluding hydrogens is 436 g/mol. The normalized spacial score (nSPS) is 13.3. The van der Waals surface area contributed by atoms with Crippen LogP contribution >= 0.6 is 15.9 Å². The van der Waals surface area contributed by atoms with Crippen LogP contribution in [0.1, 0.15) is 40.5 Å². The van der Waals surface area contributed by atoms with Crippen LogP contribution in [0.4, 0.5) is 11.4 Å². The number of amides is 1. The second kappa shape index (κ2) is 7.82. The number of aromatic nitrogens is 4. The number of methoxy groups -OCH3 is 1. The number of nitrogens with zero attached hydrogens (tertiary/aromatic N) is 5. The summed E-state index contributed by atoms with van der Waals surface area (Å²) in [6.45, 7) is 0.294. The summed E-state index contributed by atoms with van der Waals surface area (Å²) in [5.74, 6) is 1.36. The Morgan fingerprint density at radius 1 is 1.34 bits per heavy atom. The van der Waals surface area contributed by atoms with Crippen molar-refractivity contribution in [2.75, 3.05) is 17.7 Å². The van der Waals surface area contributed by atoms with Crippen molar-refractivity contribution < 1.29 is 9.53 Å². The van der Waals surface area contributed by atoms with Gasteiger partial charge in [-0.05, 0) is 46.5 Å². The molecule has 4 rings (SSSR count). The molecule has 1 aromatic carbocycles. The molecule has 0 spiro atoms. The molecule has 0 radical (unpaired) electrons. The molecule has 3 aromatic rings. The monoisotopic (exact) mass is 456 g/mol. The lowest BCUT2D eigenvalue weighted by Crippen LogP contribution is -2.31. The van der Waals surface area contributed by atoms with E-state index in [-0.39, 0.29) is 5.91 Å². The summed E-state index contributed by atoms with van der Waals surface area (Å²) in [5, 5.41) is 4.28. The third kappa shape index (κ3) is 4.09. The van der Waals surface area contributed by atoms with Crippen LogP contribution in [-0.2, 0) is 13.6 Å². The largest absolute Gasteiger partial charge is 0.478 e. The average molecular weight is 457 g/mol. The highest BCUT2D eigenvalue weighted by molar-refractivity contribution is 9.10. The summed E-state index contributed by atoms with van der Waals surface area (Å²) in [7, 11) is 3.31. The number of rotatable bonds is 6. The molecule has 8 nitrogen and oxygen atoms in total. The summed E-state index contributed by atoms with van der Waals surface area (Å²) < 4.78 is 7.80. The van der Waals surface area contributed by atoms with Crippen molar-refractivity contribution in [1.82, 2.24) is 19.7 Å². The second-order valence-electron chi connectivity index (χ2n) is 7.05. The lowest BCUT2D eigenvalue weighted by atomic mass is 10.1. The first-order valence-corrected chi connectivity index (χ1v) is 10.0. The molecule has 1 saturated carbocycles. The molecule has 1 amide bonds. The highest BCUT2D eigenvalue weighted by atomic mass is 79.9. The molecular formula is C20H21BrN6O2. The minimum atomic E-state index is -0.236. The fraction of sp³-hybridized carbons (Fsp3) is 0.300. The molecule has 1 aliphatic carbocycles. The van der Waals surface area contributed by atoms with Crippen molar-refractivity contribution in [1.29, 1.82) is 0 Å². The third-order valence-electron chi connectivity index (χ3n) is 4.77. The van der Waals surface area contributed by atoms with E-state index in [9.17, 15) is 4.79 Å². The first-order chi connectivity index (χ1) is 14.0. The predicted octanol–water partition coefficient (Wildman–Crippen LogP) is 3.29. The molecule has 1 fully saturated rings. The van der Waals surface area contributed by atoms with Crippen molar-refractivity contribution >= 4 is 33.2 Å². The van der Waals surface area contributed by atoms with Crippen molar-refractivity contribution in [3.05, 3.63) is 58.2 Å². The zero-order chi connectivity index (χ0) is 20.5. The summed E-state index contributed by atoms with van der Waals surface area (Å²) in [5.41, 5.74) is 8.47. The van der Waals surface area contributed by atoms with Gasteiger partial charge in [-0.25, -0.2) is 9.97 Å².